The molecular formula is C16H16Cl2O. The molecule has 100 valence electrons. The molecule has 0 N–H and O–H groups in total. The third-order valence-corrected chi connectivity index (χ3v) is 3.80. The maximum Gasteiger partial charge on any atom is 0.137 e. The van der Waals surface area contributed by atoms with E-state index in [1.54, 1.807) is 7.11 Å². The van der Waals surface area contributed by atoms with Crippen LogP contribution < -0.4 is 4.74 Å². The van der Waals surface area contributed by atoms with Crippen molar-refractivity contribution in [2.75, 3.05) is 7.11 Å². The van der Waals surface area contributed by atoms with Gasteiger partial charge in [0.25, 0.3) is 0 Å². The fraction of sp³-hybridized carbons (Fsp3) is 0.250. The number of ether oxygens (including phenoxy) is 1. The Kier molecular flexibility index (Phi) is 4.38. The third-order valence-electron chi connectivity index (χ3n) is 3.01. The normalized spacial score (nSPS) is 12.3. The zero-order valence-corrected chi connectivity index (χ0v) is 12.7. The van der Waals surface area contributed by atoms with Crippen LogP contribution in [0.2, 0.25) is 5.02 Å². The summed E-state index contributed by atoms with van der Waals surface area (Å²) in [6.45, 7) is 4.14. The summed E-state index contributed by atoms with van der Waals surface area (Å²) in [5.74, 6) is 0.662. The number of methoxy groups -OCH3 is 1. The number of halogens is 2. The van der Waals surface area contributed by atoms with Gasteiger partial charge in [-0.2, -0.15) is 0 Å². The van der Waals surface area contributed by atoms with Crippen molar-refractivity contribution < 1.29 is 4.74 Å². The molecule has 0 saturated carbocycles. The van der Waals surface area contributed by atoms with Crippen LogP contribution in [0.5, 0.6) is 5.75 Å². The van der Waals surface area contributed by atoms with Gasteiger partial charge in [0.2, 0.25) is 0 Å². The van der Waals surface area contributed by atoms with E-state index >= 15 is 0 Å². The number of rotatable bonds is 3. The number of benzene rings is 2. The first-order chi connectivity index (χ1) is 9.01. The highest BCUT2D eigenvalue weighted by atomic mass is 35.5. The van der Waals surface area contributed by atoms with E-state index in [0.29, 0.717) is 10.8 Å². The molecular weight excluding hydrogens is 279 g/mol. The Bertz CT molecular complexity index is 573. The minimum absolute atomic E-state index is 0.206. The summed E-state index contributed by atoms with van der Waals surface area (Å²) in [5, 5.41) is 0.372. The van der Waals surface area contributed by atoms with Gasteiger partial charge in [0.1, 0.15) is 5.75 Å². The molecule has 1 atom stereocenters. The fourth-order valence-electron chi connectivity index (χ4n) is 2.19. The summed E-state index contributed by atoms with van der Waals surface area (Å²) in [6, 6.07) is 12.0. The van der Waals surface area contributed by atoms with Gasteiger partial charge >= 0.3 is 0 Å². The smallest absolute Gasteiger partial charge is 0.137 e. The molecule has 2 aromatic carbocycles. The summed E-state index contributed by atoms with van der Waals surface area (Å²) in [5.41, 5.74) is 4.47. The summed E-state index contributed by atoms with van der Waals surface area (Å²) < 4.78 is 5.15. The van der Waals surface area contributed by atoms with Crippen LogP contribution in [-0.2, 0) is 0 Å². The van der Waals surface area contributed by atoms with E-state index in [2.05, 4.69) is 32.0 Å². The number of alkyl halides is 1. The maximum atomic E-state index is 6.54. The van der Waals surface area contributed by atoms with Crippen LogP contribution in [-0.4, -0.2) is 7.11 Å². The van der Waals surface area contributed by atoms with Crippen LogP contribution in [0.4, 0.5) is 0 Å². The van der Waals surface area contributed by atoms with Crippen LogP contribution in [0, 0.1) is 13.8 Å². The van der Waals surface area contributed by atoms with Gasteiger partial charge in [-0.3, -0.25) is 0 Å². The number of hydrogen-bond acceptors (Lipinski definition) is 1. The molecule has 0 saturated heterocycles. The van der Waals surface area contributed by atoms with E-state index in [9.17, 15) is 0 Å². The molecule has 0 amide bonds. The zero-order valence-electron chi connectivity index (χ0n) is 11.2. The van der Waals surface area contributed by atoms with Gasteiger partial charge < -0.3 is 4.74 Å². The van der Waals surface area contributed by atoms with Gasteiger partial charge in [-0.1, -0.05) is 47.0 Å². The van der Waals surface area contributed by atoms with Gasteiger partial charge in [0, 0.05) is 0 Å². The molecule has 2 aromatic rings. The van der Waals surface area contributed by atoms with Gasteiger partial charge in [-0.05, 0) is 37.1 Å². The van der Waals surface area contributed by atoms with Crippen molar-refractivity contribution in [2.45, 2.75) is 19.2 Å². The van der Waals surface area contributed by atoms with Crippen molar-refractivity contribution in [3.8, 4) is 5.75 Å². The van der Waals surface area contributed by atoms with Gasteiger partial charge in [-0.25, -0.2) is 0 Å². The minimum Gasteiger partial charge on any atom is -0.495 e. The van der Waals surface area contributed by atoms with Crippen LogP contribution in [0.25, 0.3) is 0 Å². The Morgan fingerprint density at radius 2 is 1.58 bits per heavy atom. The van der Waals surface area contributed by atoms with Crippen LogP contribution >= 0.6 is 23.2 Å². The second-order valence-electron chi connectivity index (χ2n) is 4.68. The fourth-order valence-corrected chi connectivity index (χ4v) is 2.72. The average Bonchev–Trinajstić information content (AvgIpc) is 2.36. The molecule has 2 rings (SSSR count). The van der Waals surface area contributed by atoms with Gasteiger partial charge in [0.05, 0.1) is 17.5 Å². The predicted molar refractivity (Wildman–Crippen MR) is 81.6 cm³/mol. The van der Waals surface area contributed by atoms with Crippen molar-refractivity contribution in [1.82, 2.24) is 0 Å². The molecule has 0 spiro atoms. The monoisotopic (exact) mass is 294 g/mol. The quantitative estimate of drug-likeness (QED) is 0.699. The third kappa shape index (κ3) is 3.23. The largest absolute Gasteiger partial charge is 0.495 e. The number of aryl methyl sites for hydroxylation is 2. The lowest BCUT2D eigenvalue weighted by Crippen LogP contribution is -1.96. The molecule has 0 bridgehead atoms. The lowest BCUT2D eigenvalue weighted by molar-refractivity contribution is 0.415. The van der Waals surface area contributed by atoms with Gasteiger partial charge in [0.15, 0.2) is 0 Å². The van der Waals surface area contributed by atoms with E-state index in [-0.39, 0.29) is 5.38 Å². The lowest BCUT2D eigenvalue weighted by Gasteiger charge is -2.13. The van der Waals surface area contributed by atoms with E-state index < -0.39 is 0 Å². The first-order valence-electron chi connectivity index (χ1n) is 6.07. The van der Waals surface area contributed by atoms with Gasteiger partial charge in [-0.15, -0.1) is 11.6 Å². The van der Waals surface area contributed by atoms with Crippen LogP contribution in [0.1, 0.15) is 27.6 Å². The Morgan fingerprint density at radius 3 is 2.11 bits per heavy atom. The Morgan fingerprint density at radius 1 is 0.947 bits per heavy atom. The highest BCUT2D eigenvalue weighted by molar-refractivity contribution is 6.32. The SMILES string of the molecule is COc1ccc(C(Cl)c2cc(C)cc(C)c2)cc1Cl. The summed E-state index contributed by atoms with van der Waals surface area (Å²) in [4.78, 5) is 0. The standard InChI is InChI=1S/C16H16Cl2O/c1-10-6-11(2)8-13(7-10)16(18)12-4-5-15(19-3)14(17)9-12/h4-9,16H,1-3H3. The zero-order chi connectivity index (χ0) is 14.0. The highest BCUT2D eigenvalue weighted by Crippen LogP contribution is 2.34. The topological polar surface area (TPSA) is 9.23 Å². The number of hydrogen-bond donors (Lipinski definition) is 0. The van der Waals surface area contributed by atoms with Crippen molar-refractivity contribution in [2.24, 2.45) is 0 Å². The first kappa shape index (κ1) is 14.2. The molecule has 0 heterocycles. The van der Waals surface area contributed by atoms with Crippen LogP contribution in [0.15, 0.2) is 36.4 Å². The summed E-state index contributed by atoms with van der Waals surface area (Å²) in [6.07, 6.45) is 0. The molecule has 0 radical (unpaired) electrons. The highest BCUT2D eigenvalue weighted by Gasteiger charge is 2.13. The molecule has 0 aliphatic rings. The Labute approximate surface area is 124 Å². The van der Waals surface area contributed by atoms with Crippen molar-refractivity contribution in [3.05, 3.63) is 63.7 Å². The molecule has 19 heavy (non-hydrogen) atoms. The molecule has 1 nitrogen and oxygen atoms in total. The van der Waals surface area contributed by atoms with E-state index in [0.717, 1.165) is 11.1 Å². The van der Waals surface area contributed by atoms with Crippen LogP contribution in [0.3, 0.4) is 0 Å². The van der Waals surface area contributed by atoms with Crippen molar-refractivity contribution >= 4 is 23.2 Å². The molecule has 0 aliphatic carbocycles. The van der Waals surface area contributed by atoms with Crippen molar-refractivity contribution in [1.29, 1.82) is 0 Å². The maximum absolute atomic E-state index is 6.54. The molecule has 1 unspecified atom stereocenters. The first-order valence-corrected chi connectivity index (χ1v) is 6.88. The van der Waals surface area contributed by atoms with Crippen molar-refractivity contribution in [3.63, 3.8) is 0 Å². The second-order valence-corrected chi connectivity index (χ2v) is 5.52. The Balaban J connectivity index is 2.38. The molecule has 0 aromatic heterocycles. The second kappa shape index (κ2) is 5.85. The average molecular weight is 295 g/mol. The molecule has 0 fully saturated rings. The lowest BCUT2D eigenvalue weighted by atomic mass is 10.00. The van der Waals surface area contributed by atoms with E-state index in [1.165, 1.54) is 11.1 Å². The Hall–Kier alpha value is -1.18. The summed E-state index contributed by atoms with van der Waals surface area (Å²) in [7, 11) is 1.60. The molecule has 3 heteroatoms. The predicted octanol–water partition coefficient (Wildman–Crippen LogP) is 5.29. The van der Waals surface area contributed by atoms with E-state index in [4.69, 9.17) is 27.9 Å². The van der Waals surface area contributed by atoms with E-state index in [1.807, 2.05) is 18.2 Å². The molecule has 0 aliphatic heterocycles. The minimum atomic E-state index is -0.206. The summed E-state index contributed by atoms with van der Waals surface area (Å²) >= 11 is 12.7.